The maximum atomic E-state index is 10.9. The van der Waals surface area contributed by atoms with Crippen molar-refractivity contribution in [3.8, 4) is 11.8 Å². The van der Waals surface area contributed by atoms with Crippen LogP contribution in [-0.2, 0) is 4.79 Å². The fourth-order valence-electron chi connectivity index (χ4n) is 1.64. The lowest BCUT2D eigenvalue weighted by molar-refractivity contribution is -0.115. The van der Waals surface area contributed by atoms with Gasteiger partial charge in [-0.15, -0.1) is 0 Å². The predicted molar refractivity (Wildman–Crippen MR) is 49.8 cm³/mol. The molecule has 0 spiro atoms. The second kappa shape index (κ2) is 4.88. The van der Waals surface area contributed by atoms with Crippen LogP contribution in [0.5, 0.6) is 0 Å². The van der Waals surface area contributed by atoms with Crippen molar-refractivity contribution in [3.05, 3.63) is 0 Å². The maximum absolute atomic E-state index is 10.9. The Hall–Kier alpha value is -1.01. The van der Waals surface area contributed by atoms with Gasteiger partial charge in [0.2, 0.25) is 0 Å². The molecule has 0 heterocycles. The first-order valence-corrected chi connectivity index (χ1v) is 4.62. The van der Waals surface area contributed by atoms with Gasteiger partial charge in [-0.1, -0.05) is 12.3 Å². The summed E-state index contributed by atoms with van der Waals surface area (Å²) in [5, 5.41) is 12.1. The monoisotopic (exact) mass is 181 g/mol. The Morgan fingerprint density at radius 1 is 1.62 bits per heavy atom. The molecule has 1 amide bonds. The van der Waals surface area contributed by atoms with Crippen LogP contribution >= 0.6 is 0 Å². The van der Waals surface area contributed by atoms with E-state index in [4.69, 9.17) is 0 Å². The van der Waals surface area contributed by atoms with Gasteiger partial charge in [0.1, 0.15) is 0 Å². The molecular weight excluding hydrogens is 166 g/mol. The van der Waals surface area contributed by atoms with Crippen LogP contribution in [0.3, 0.4) is 0 Å². The summed E-state index contributed by atoms with van der Waals surface area (Å²) in [6, 6.07) is 0. The fraction of sp³-hybridized carbons (Fsp3) is 0.700. The van der Waals surface area contributed by atoms with Crippen molar-refractivity contribution in [2.75, 3.05) is 6.54 Å². The first-order valence-electron chi connectivity index (χ1n) is 4.62. The van der Waals surface area contributed by atoms with E-state index in [1.807, 2.05) is 0 Å². The van der Waals surface area contributed by atoms with E-state index in [9.17, 15) is 9.90 Å². The molecule has 1 saturated carbocycles. The van der Waals surface area contributed by atoms with E-state index < -0.39 is 0 Å². The number of hydrogen-bond acceptors (Lipinski definition) is 2. The summed E-state index contributed by atoms with van der Waals surface area (Å²) in [6.07, 6.45) is 2.68. The molecule has 0 saturated heterocycles. The Morgan fingerprint density at radius 2 is 2.38 bits per heavy atom. The third kappa shape index (κ3) is 3.08. The van der Waals surface area contributed by atoms with Crippen molar-refractivity contribution < 1.29 is 9.90 Å². The van der Waals surface area contributed by atoms with Gasteiger partial charge in [-0.2, -0.15) is 0 Å². The molecule has 1 aliphatic carbocycles. The van der Waals surface area contributed by atoms with E-state index in [2.05, 4.69) is 17.2 Å². The van der Waals surface area contributed by atoms with Gasteiger partial charge < -0.3 is 10.4 Å². The second-order valence-electron chi connectivity index (χ2n) is 3.34. The van der Waals surface area contributed by atoms with Gasteiger partial charge >= 0.3 is 0 Å². The largest absolute Gasteiger partial charge is 0.393 e. The van der Waals surface area contributed by atoms with Gasteiger partial charge in [-0.25, -0.2) is 0 Å². The average Bonchev–Trinajstić information content (AvgIpc) is 2.48. The van der Waals surface area contributed by atoms with Crippen LogP contribution in [0, 0.1) is 17.8 Å². The number of amides is 1. The molecule has 2 atom stereocenters. The molecule has 0 aromatic heterocycles. The summed E-state index contributed by atoms with van der Waals surface area (Å²) in [4.78, 5) is 10.9. The highest BCUT2D eigenvalue weighted by Gasteiger charge is 2.24. The zero-order valence-corrected chi connectivity index (χ0v) is 7.84. The molecule has 0 radical (unpaired) electrons. The summed E-state index contributed by atoms with van der Waals surface area (Å²) in [6.45, 7) is 2.18. The molecule has 13 heavy (non-hydrogen) atoms. The fourth-order valence-corrected chi connectivity index (χ4v) is 1.64. The van der Waals surface area contributed by atoms with Gasteiger partial charge in [0.15, 0.2) is 0 Å². The first kappa shape index (κ1) is 10.1. The number of carbonyl (C=O) groups is 1. The Labute approximate surface area is 78.5 Å². The van der Waals surface area contributed by atoms with Crippen LogP contribution in [0.15, 0.2) is 0 Å². The van der Waals surface area contributed by atoms with Crippen LogP contribution in [0.25, 0.3) is 0 Å². The van der Waals surface area contributed by atoms with E-state index in [0.29, 0.717) is 6.54 Å². The van der Waals surface area contributed by atoms with Crippen LogP contribution in [0.4, 0.5) is 0 Å². The van der Waals surface area contributed by atoms with E-state index in [1.165, 1.54) is 0 Å². The maximum Gasteiger partial charge on any atom is 0.295 e. The van der Waals surface area contributed by atoms with Crippen LogP contribution in [-0.4, -0.2) is 23.7 Å². The Kier molecular flexibility index (Phi) is 3.78. The summed E-state index contributed by atoms with van der Waals surface area (Å²) in [5.74, 6) is 4.91. The summed E-state index contributed by atoms with van der Waals surface area (Å²) in [5.41, 5.74) is 0. The molecule has 3 nitrogen and oxygen atoms in total. The summed E-state index contributed by atoms with van der Waals surface area (Å²) < 4.78 is 0. The number of nitrogens with one attached hydrogen (secondary N) is 1. The molecule has 1 fully saturated rings. The first-order chi connectivity index (χ1) is 6.24. The third-order valence-electron chi connectivity index (χ3n) is 2.38. The topological polar surface area (TPSA) is 49.3 Å². The third-order valence-corrected chi connectivity index (χ3v) is 2.38. The molecule has 1 aliphatic rings. The minimum Gasteiger partial charge on any atom is -0.393 e. The Balaban J connectivity index is 2.24. The molecule has 0 aromatic carbocycles. The standard InChI is InChI=1S/C10H15NO2/c1-2-4-10(13)11-7-8-5-3-6-9(8)12/h8-9,12H,3,5-7H2,1H3,(H,11,13). The number of aliphatic hydroxyl groups excluding tert-OH is 1. The van der Waals surface area contributed by atoms with Crippen molar-refractivity contribution in [3.63, 3.8) is 0 Å². The molecule has 72 valence electrons. The number of hydrogen-bond donors (Lipinski definition) is 2. The SMILES string of the molecule is CC#CC(=O)NCC1CCCC1O. The van der Waals surface area contributed by atoms with Gasteiger partial charge in [0.25, 0.3) is 5.91 Å². The van der Waals surface area contributed by atoms with Crippen LogP contribution in [0.2, 0.25) is 0 Å². The molecule has 0 aliphatic heterocycles. The van der Waals surface area contributed by atoms with E-state index in [-0.39, 0.29) is 17.9 Å². The highest BCUT2D eigenvalue weighted by molar-refractivity contribution is 5.93. The lowest BCUT2D eigenvalue weighted by atomic mass is 10.1. The van der Waals surface area contributed by atoms with Gasteiger partial charge in [-0.05, 0) is 25.7 Å². The lowest BCUT2D eigenvalue weighted by Crippen LogP contribution is -2.31. The van der Waals surface area contributed by atoms with Crippen molar-refractivity contribution in [1.82, 2.24) is 5.32 Å². The van der Waals surface area contributed by atoms with Gasteiger partial charge in [-0.3, -0.25) is 4.79 Å². The predicted octanol–water partition coefficient (Wildman–Crippen LogP) is 0.287. The van der Waals surface area contributed by atoms with E-state index in [1.54, 1.807) is 6.92 Å². The smallest absolute Gasteiger partial charge is 0.295 e. The van der Waals surface area contributed by atoms with Crippen LogP contribution < -0.4 is 5.32 Å². The molecule has 0 bridgehead atoms. The molecule has 3 heteroatoms. The second-order valence-corrected chi connectivity index (χ2v) is 3.34. The van der Waals surface area contributed by atoms with Crippen LogP contribution in [0.1, 0.15) is 26.2 Å². The zero-order valence-electron chi connectivity index (χ0n) is 7.84. The zero-order chi connectivity index (χ0) is 9.68. The van der Waals surface area contributed by atoms with Crippen molar-refractivity contribution >= 4 is 5.91 Å². The Morgan fingerprint density at radius 3 is 2.92 bits per heavy atom. The minimum atomic E-state index is -0.249. The lowest BCUT2D eigenvalue weighted by Gasteiger charge is -2.13. The highest BCUT2D eigenvalue weighted by atomic mass is 16.3. The summed E-state index contributed by atoms with van der Waals surface area (Å²) >= 11 is 0. The normalized spacial score (nSPS) is 26.3. The average molecular weight is 181 g/mol. The van der Waals surface area contributed by atoms with Gasteiger partial charge in [0, 0.05) is 12.5 Å². The molecule has 2 N–H and O–H groups in total. The Bertz CT molecular complexity index is 239. The number of aliphatic hydroxyl groups is 1. The van der Waals surface area contributed by atoms with Crippen molar-refractivity contribution in [2.24, 2.45) is 5.92 Å². The highest BCUT2D eigenvalue weighted by Crippen LogP contribution is 2.24. The minimum absolute atomic E-state index is 0.225. The molecule has 1 rings (SSSR count). The molecule has 2 unspecified atom stereocenters. The van der Waals surface area contributed by atoms with Crippen molar-refractivity contribution in [2.45, 2.75) is 32.3 Å². The van der Waals surface area contributed by atoms with Crippen molar-refractivity contribution in [1.29, 1.82) is 0 Å². The molecular formula is C10H15NO2. The molecule has 0 aromatic rings. The quantitative estimate of drug-likeness (QED) is 0.601. The van der Waals surface area contributed by atoms with E-state index >= 15 is 0 Å². The summed E-state index contributed by atoms with van der Waals surface area (Å²) in [7, 11) is 0. The van der Waals surface area contributed by atoms with E-state index in [0.717, 1.165) is 19.3 Å². The van der Waals surface area contributed by atoms with Gasteiger partial charge in [0.05, 0.1) is 6.10 Å². The number of carbonyl (C=O) groups excluding carboxylic acids is 1. The number of rotatable bonds is 2.